The van der Waals surface area contributed by atoms with Crippen molar-refractivity contribution in [3.63, 3.8) is 0 Å². The second-order valence-electron chi connectivity index (χ2n) is 6.46. The molecule has 0 saturated carbocycles. The summed E-state index contributed by atoms with van der Waals surface area (Å²) in [5.74, 6) is 0.0249. The molecule has 0 aliphatic carbocycles. The van der Waals surface area contributed by atoms with Gasteiger partial charge in [-0.25, -0.2) is 0 Å². The maximum Gasteiger partial charge on any atom is 0.254 e. The van der Waals surface area contributed by atoms with Crippen LogP contribution in [0.15, 0.2) is 42.5 Å². The summed E-state index contributed by atoms with van der Waals surface area (Å²) in [6.07, 6.45) is 1.94. The summed E-state index contributed by atoms with van der Waals surface area (Å²) < 4.78 is 0. The van der Waals surface area contributed by atoms with Gasteiger partial charge in [0.25, 0.3) is 5.91 Å². The van der Waals surface area contributed by atoms with Gasteiger partial charge in [-0.1, -0.05) is 36.4 Å². The molecule has 1 aliphatic rings. The highest BCUT2D eigenvalue weighted by molar-refractivity contribution is 6.07. The van der Waals surface area contributed by atoms with E-state index in [-0.39, 0.29) is 24.3 Å². The van der Waals surface area contributed by atoms with Gasteiger partial charge >= 0.3 is 0 Å². The first kappa shape index (κ1) is 17.4. The van der Waals surface area contributed by atoms with E-state index in [1.165, 1.54) is 0 Å². The number of fused-ring (bicyclic) bond motifs is 1. The number of nitrogens with zero attached hydrogens (tertiary/aromatic N) is 1. The Bertz CT molecular complexity index is 746. The number of carbonyl (C=O) groups excluding carboxylic acids is 2. The normalized spacial score (nSPS) is 15.3. The van der Waals surface area contributed by atoms with E-state index in [2.05, 4.69) is 5.32 Å². The second-order valence-corrected chi connectivity index (χ2v) is 6.46. The number of carbonyl (C=O) groups is 2. The summed E-state index contributed by atoms with van der Waals surface area (Å²) in [5, 5.41) is 13.7. The Labute approximate surface area is 147 Å². The maximum absolute atomic E-state index is 12.9. The summed E-state index contributed by atoms with van der Waals surface area (Å²) in [5.41, 5.74) is 0.726. The highest BCUT2D eigenvalue weighted by Crippen LogP contribution is 2.23. The molecule has 0 bridgehead atoms. The fourth-order valence-corrected chi connectivity index (χ4v) is 3.36. The summed E-state index contributed by atoms with van der Waals surface area (Å²) >= 11 is 0. The van der Waals surface area contributed by atoms with Crippen LogP contribution in [0.2, 0.25) is 0 Å². The van der Waals surface area contributed by atoms with Crippen LogP contribution in [0.1, 0.15) is 29.6 Å². The number of hydrogen-bond acceptors (Lipinski definition) is 3. The Hall–Kier alpha value is -2.40. The molecule has 5 heteroatoms. The molecule has 25 heavy (non-hydrogen) atoms. The molecule has 5 nitrogen and oxygen atoms in total. The monoisotopic (exact) mass is 340 g/mol. The highest BCUT2D eigenvalue weighted by atomic mass is 16.3. The second kappa shape index (κ2) is 8.12. The molecule has 1 aliphatic heterocycles. The predicted molar refractivity (Wildman–Crippen MR) is 97.3 cm³/mol. The molecule has 1 saturated heterocycles. The molecule has 2 aromatic rings. The molecular formula is C20H24N2O3. The van der Waals surface area contributed by atoms with Crippen LogP contribution in [0.4, 0.5) is 0 Å². The molecule has 0 atom stereocenters. The summed E-state index contributed by atoms with van der Waals surface area (Å²) in [7, 11) is 0. The SMILES string of the molecule is O=C(NCCCO)C1CCN(C(=O)c2cccc3ccccc23)CC1. The molecule has 0 spiro atoms. The summed E-state index contributed by atoms with van der Waals surface area (Å²) in [6.45, 7) is 1.78. The van der Waals surface area contributed by atoms with Gasteiger partial charge in [-0.05, 0) is 36.1 Å². The number of amides is 2. The minimum Gasteiger partial charge on any atom is -0.396 e. The van der Waals surface area contributed by atoms with Gasteiger partial charge in [0.05, 0.1) is 0 Å². The van der Waals surface area contributed by atoms with Crippen LogP contribution in [-0.4, -0.2) is 48.1 Å². The molecule has 2 amide bonds. The van der Waals surface area contributed by atoms with E-state index in [9.17, 15) is 9.59 Å². The molecule has 132 valence electrons. The van der Waals surface area contributed by atoms with Crippen LogP contribution >= 0.6 is 0 Å². The molecule has 2 aromatic carbocycles. The highest BCUT2D eigenvalue weighted by Gasteiger charge is 2.28. The number of rotatable bonds is 5. The number of hydrogen-bond donors (Lipinski definition) is 2. The van der Waals surface area contributed by atoms with Crippen LogP contribution in [0.25, 0.3) is 10.8 Å². The molecule has 0 unspecified atom stereocenters. The first-order chi connectivity index (χ1) is 12.2. The Morgan fingerprint density at radius 1 is 1.08 bits per heavy atom. The lowest BCUT2D eigenvalue weighted by molar-refractivity contribution is -0.126. The van der Waals surface area contributed by atoms with Crippen LogP contribution in [0.5, 0.6) is 0 Å². The number of piperidine rings is 1. The minimum absolute atomic E-state index is 0.0331. The van der Waals surface area contributed by atoms with Gasteiger partial charge in [-0.3, -0.25) is 9.59 Å². The van der Waals surface area contributed by atoms with Crippen LogP contribution < -0.4 is 5.32 Å². The molecule has 1 fully saturated rings. The fraction of sp³-hybridized carbons (Fsp3) is 0.400. The van der Waals surface area contributed by atoms with E-state index < -0.39 is 0 Å². The minimum atomic E-state index is -0.0461. The van der Waals surface area contributed by atoms with E-state index in [1.54, 1.807) is 0 Å². The number of likely N-dealkylation sites (tertiary alicyclic amines) is 1. The van der Waals surface area contributed by atoms with Crippen molar-refractivity contribution in [1.82, 2.24) is 10.2 Å². The van der Waals surface area contributed by atoms with E-state index in [0.717, 1.165) is 16.3 Å². The molecular weight excluding hydrogens is 316 g/mol. The zero-order valence-electron chi connectivity index (χ0n) is 14.3. The van der Waals surface area contributed by atoms with E-state index in [4.69, 9.17) is 5.11 Å². The van der Waals surface area contributed by atoms with Crippen molar-refractivity contribution in [2.24, 2.45) is 5.92 Å². The van der Waals surface area contributed by atoms with Crippen LogP contribution in [-0.2, 0) is 4.79 Å². The van der Waals surface area contributed by atoms with Crippen molar-refractivity contribution in [2.45, 2.75) is 19.3 Å². The Morgan fingerprint density at radius 3 is 2.56 bits per heavy atom. The molecule has 1 heterocycles. The zero-order chi connectivity index (χ0) is 17.6. The summed E-state index contributed by atoms with van der Waals surface area (Å²) in [6, 6.07) is 13.7. The Kier molecular flexibility index (Phi) is 5.66. The van der Waals surface area contributed by atoms with Crippen LogP contribution in [0.3, 0.4) is 0 Å². The fourth-order valence-electron chi connectivity index (χ4n) is 3.36. The van der Waals surface area contributed by atoms with Crippen LogP contribution in [0, 0.1) is 5.92 Å². The largest absolute Gasteiger partial charge is 0.396 e. The van der Waals surface area contributed by atoms with Crippen molar-refractivity contribution in [3.05, 3.63) is 48.0 Å². The standard InChI is InChI=1S/C20H24N2O3/c23-14-4-11-21-19(24)16-9-12-22(13-10-16)20(25)18-8-3-6-15-5-1-2-7-17(15)18/h1-3,5-8,16,23H,4,9-14H2,(H,21,24). The third-order valence-corrected chi connectivity index (χ3v) is 4.81. The van der Waals surface area contributed by atoms with Gasteiger partial charge in [-0.2, -0.15) is 0 Å². The summed E-state index contributed by atoms with van der Waals surface area (Å²) in [4.78, 5) is 26.8. The molecule has 2 N–H and O–H groups in total. The first-order valence-electron chi connectivity index (χ1n) is 8.86. The van der Waals surface area contributed by atoms with Gasteiger partial charge in [-0.15, -0.1) is 0 Å². The number of nitrogens with one attached hydrogen (secondary N) is 1. The van der Waals surface area contributed by atoms with Crippen molar-refractivity contribution in [2.75, 3.05) is 26.2 Å². The van der Waals surface area contributed by atoms with Crippen molar-refractivity contribution >= 4 is 22.6 Å². The quantitative estimate of drug-likeness (QED) is 0.820. The van der Waals surface area contributed by atoms with Crippen molar-refractivity contribution < 1.29 is 14.7 Å². The van der Waals surface area contributed by atoms with Gasteiger partial charge in [0.15, 0.2) is 0 Å². The predicted octanol–water partition coefficient (Wildman–Crippen LogP) is 2.19. The average Bonchev–Trinajstić information content (AvgIpc) is 2.67. The van der Waals surface area contributed by atoms with E-state index >= 15 is 0 Å². The lowest BCUT2D eigenvalue weighted by atomic mass is 9.95. The van der Waals surface area contributed by atoms with Gasteiger partial charge in [0, 0.05) is 37.7 Å². The van der Waals surface area contributed by atoms with E-state index in [0.29, 0.717) is 38.9 Å². The van der Waals surface area contributed by atoms with Crippen molar-refractivity contribution in [1.29, 1.82) is 0 Å². The van der Waals surface area contributed by atoms with Gasteiger partial charge in [0.2, 0.25) is 5.91 Å². The molecule has 0 radical (unpaired) electrons. The average molecular weight is 340 g/mol. The number of benzene rings is 2. The van der Waals surface area contributed by atoms with Gasteiger partial charge < -0.3 is 15.3 Å². The smallest absolute Gasteiger partial charge is 0.254 e. The maximum atomic E-state index is 12.9. The molecule has 3 rings (SSSR count). The third-order valence-electron chi connectivity index (χ3n) is 4.81. The molecule has 0 aromatic heterocycles. The lowest BCUT2D eigenvalue weighted by Crippen LogP contribution is -2.43. The topological polar surface area (TPSA) is 69.6 Å². The lowest BCUT2D eigenvalue weighted by Gasteiger charge is -2.31. The zero-order valence-corrected chi connectivity index (χ0v) is 14.3. The van der Waals surface area contributed by atoms with E-state index in [1.807, 2.05) is 47.4 Å². The third kappa shape index (κ3) is 3.99. The first-order valence-corrected chi connectivity index (χ1v) is 8.86. The van der Waals surface area contributed by atoms with Crippen molar-refractivity contribution in [3.8, 4) is 0 Å². The number of aliphatic hydroxyl groups is 1. The Balaban J connectivity index is 1.62. The number of aliphatic hydroxyl groups excluding tert-OH is 1. The van der Waals surface area contributed by atoms with Gasteiger partial charge in [0.1, 0.15) is 0 Å². The Morgan fingerprint density at radius 2 is 1.80 bits per heavy atom.